The zero-order valence-corrected chi connectivity index (χ0v) is 8.14. The molecule has 1 saturated heterocycles. The highest BCUT2D eigenvalue weighted by atomic mass is 16.2. The van der Waals surface area contributed by atoms with Gasteiger partial charge in [0, 0.05) is 0 Å². The van der Waals surface area contributed by atoms with Gasteiger partial charge < -0.3 is 0 Å². The second-order valence-electron chi connectivity index (χ2n) is 3.32. The lowest BCUT2D eigenvalue weighted by Crippen LogP contribution is -2.61. The van der Waals surface area contributed by atoms with Gasteiger partial charge in [-0.25, -0.2) is 4.79 Å². The Bertz CT molecular complexity index is 313. The Morgan fingerprint density at radius 2 is 1.71 bits per heavy atom. The molecular weight excluding hydrogens is 184 g/mol. The van der Waals surface area contributed by atoms with E-state index in [4.69, 9.17) is 0 Å². The molecule has 2 N–H and O–H groups in total. The van der Waals surface area contributed by atoms with Gasteiger partial charge in [0.25, 0.3) is 0 Å². The quantitative estimate of drug-likeness (QED) is 0.493. The van der Waals surface area contributed by atoms with E-state index in [1.165, 1.54) is 6.92 Å². The minimum atomic E-state index is -1.33. The highest BCUT2D eigenvalue weighted by Gasteiger charge is 2.47. The summed E-state index contributed by atoms with van der Waals surface area (Å²) in [6, 6.07) is -0.777. The summed E-state index contributed by atoms with van der Waals surface area (Å²) in [6.45, 7) is 6.91. The molecule has 5 heteroatoms. The van der Waals surface area contributed by atoms with Crippen LogP contribution in [0.15, 0.2) is 12.2 Å². The largest absolute Gasteiger partial charge is 0.328 e. The number of hydrogen-bond donors (Lipinski definition) is 2. The molecule has 0 bridgehead atoms. The number of hydrogen-bond acceptors (Lipinski definition) is 3. The number of barbiturate groups is 1. The Balaban J connectivity index is 3.08. The fraction of sp³-hybridized carbons (Fsp3) is 0.444. The van der Waals surface area contributed by atoms with Gasteiger partial charge in [-0.2, -0.15) is 0 Å². The molecule has 0 aliphatic carbocycles. The van der Waals surface area contributed by atoms with Gasteiger partial charge >= 0.3 is 6.03 Å². The van der Waals surface area contributed by atoms with Crippen LogP contribution in [-0.4, -0.2) is 17.8 Å². The van der Waals surface area contributed by atoms with Gasteiger partial charge in [-0.15, -0.1) is 0 Å². The Labute approximate surface area is 81.5 Å². The van der Waals surface area contributed by atoms with E-state index in [1.807, 2.05) is 10.6 Å². The van der Waals surface area contributed by atoms with Gasteiger partial charge in [0.05, 0.1) is 0 Å². The van der Waals surface area contributed by atoms with Crippen molar-refractivity contribution in [2.75, 3.05) is 0 Å². The SMILES string of the molecule is C=C(CC)C1(C)C(=O)NC(=O)NC1=O. The molecule has 1 aliphatic rings. The van der Waals surface area contributed by atoms with Gasteiger partial charge in [0.2, 0.25) is 11.8 Å². The van der Waals surface area contributed by atoms with Crippen LogP contribution in [0.2, 0.25) is 0 Å². The lowest BCUT2D eigenvalue weighted by Gasteiger charge is -2.31. The van der Waals surface area contributed by atoms with Crippen LogP contribution in [0.25, 0.3) is 0 Å². The van der Waals surface area contributed by atoms with Crippen molar-refractivity contribution in [1.29, 1.82) is 0 Å². The zero-order chi connectivity index (χ0) is 10.9. The monoisotopic (exact) mass is 196 g/mol. The van der Waals surface area contributed by atoms with E-state index < -0.39 is 23.3 Å². The number of amides is 4. The third kappa shape index (κ3) is 1.30. The maximum atomic E-state index is 11.5. The van der Waals surface area contributed by atoms with Crippen LogP contribution in [0.3, 0.4) is 0 Å². The molecule has 0 aromatic rings. The molecule has 5 nitrogen and oxygen atoms in total. The Kier molecular flexibility index (Phi) is 2.42. The van der Waals surface area contributed by atoms with E-state index in [2.05, 4.69) is 6.58 Å². The Morgan fingerprint density at radius 1 is 1.29 bits per heavy atom. The first-order valence-electron chi connectivity index (χ1n) is 4.28. The maximum absolute atomic E-state index is 11.5. The van der Waals surface area contributed by atoms with Crippen molar-refractivity contribution < 1.29 is 14.4 Å². The molecule has 1 rings (SSSR count). The molecule has 4 amide bonds. The van der Waals surface area contributed by atoms with Crippen molar-refractivity contribution in [2.24, 2.45) is 5.41 Å². The zero-order valence-electron chi connectivity index (χ0n) is 8.14. The summed E-state index contributed by atoms with van der Waals surface area (Å²) in [4.78, 5) is 33.8. The topological polar surface area (TPSA) is 75.3 Å². The second-order valence-corrected chi connectivity index (χ2v) is 3.32. The standard InChI is InChI=1S/C9H12N2O3/c1-4-5(2)9(3)6(12)10-8(14)11-7(9)13/h2,4H2,1,3H3,(H2,10,11,12,13,14). The maximum Gasteiger partial charge on any atom is 0.328 e. The number of rotatable bonds is 2. The van der Waals surface area contributed by atoms with E-state index in [0.717, 1.165) is 0 Å². The molecular formula is C9H12N2O3. The molecule has 0 aromatic heterocycles. The summed E-state index contributed by atoms with van der Waals surface area (Å²) < 4.78 is 0. The normalized spacial score (nSPS) is 20.0. The molecule has 0 atom stereocenters. The fourth-order valence-corrected chi connectivity index (χ4v) is 1.27. The van der Waals surface area contributed by atoms with Crippen molar-refractivity contribution in [1.82, 2.24) is 10.6 Å². The third-order valence-electron chi connectivity index (χ3n) is 2.50. The fourth-order valence-electron chi connectivity index (χ4n) is 1.27. The summed E-state index contributed by atoms with van der Waals surface area (Å²) in [5.41, 5.74) is -0.845. The number of urea groups is 1. The van der Waals surface area contributed by atoms with Gasteiger partial charge in [-0.3, -0.25) is 20.2 Å². The minimum absolute atomic E-state index is 0.486. The van der Waals surface area contributed by atoms with E-state index in [9.17, 15) is 14.4 Å². The molecule has 0 unspecified atom stereocenters. The van der Waals surface area contributed by atoms with E-state index >= 15 is 0 Å². The smallest absolute Gasteiger partial charge is 0.277 e. The van der Waals surface area contributed by atoms with Gasteiger partial charge in [-0.05, 0) is 13.3 Å². The first kappa shape index (κ1) is 10.4. The van der Waals surface area contributed by atoms with Crippen molar-refractivity contribution >= 4 is 17.8 Å². The summed E-state index contributed by atoms with van der Waals surface area (Å²) in [5.74, 6) is -1.23. The highest BCUT2D eigenvalue weighted by Crippen LogP contribution is 2.30. The lowest BCUT2D eigenvalue weighted by atomic mass is 9.78. The van der Waals surface area contributed by atoms with Crippen molar-refractivity contribution in [3.63, 3.8) is 0 Å². The summed E-state index contributed by atoms with van der Waals surface area (Å²) in [7, 11) is 0. The van der Waals surface area contributed by atoms with Crippen LogP contribution < -0.4 is 10.6 Å². The van der Waals surface area contributed by atoms with Gasteiger partial charge in [0.15, 0.2) is 0 Å². The molecule has 0 aromatic carbocycles. The first-order chi connectivity index (χ1) is 6.42. The molecule has 0 radical (unpaired) electrons. The molecule has 0 saturated carbocycles. The van der Waals surface area contributed by atoms with Crippen molar-refractivity contribution in [3.05, 3.63) is 12.2 Å². The number of imide groups is 2. The third-order valence-corrected chi connectivity index (χ3v) is 2.50. The average molecular weight is 196 g/mol. The lowest BCUT2D eigenvalue weighted by molar-refractivity contribution is -0.140. The van der Waals surface area contributed by atoms with E-state index in [1.54, 1.807) is 6.92 Å². The molecule has 76 valence electrons. The molecule has 0 spiro atoms. The molecule has 1 aliphatic heterocycles. The second kappa shape index (κ2) is 3.25. The Morgan fingerprint density at radius 3 is 2.07 bits per heavy atom. The van der Waals surface area contributed by atoms with Crippen molar-refractivity contribution in [3.8, 4) is 0 Å². The first-order valence-corrected chi connectivity index (χ1v) is 4.28. The Hall–Kier alpha value is -1.65. The summed E-state index contributed by atoms with van der Waals surface area (Å²) in [6.07, 6.45) is 0.505. The molecule has 14 heavy (non-hydrogen) atoms. The van der Waals surface area contributed by atoms with Crippen LogP contribution in [0.4, 0.5) is 4.79 Å². The van der Waals surface area contributed by atoms with Gasteiger partial charge in [0.1, 0.15) is 5.41 Å². The van der Waals surface area contributed by atoms with Crippen LogP contribution >= 0.6 is 0 Å². The number of carbonyl (C=O) groups excluding carboxylic acids is 3. The van der Waals surface area contributed by atoms with Gasteiger partial charge in [-0.1, -0.05) is 19.1 Å². The predicted molar refractivity (Wildman–Crippen MR) is 49.2 cm³/mol. The minimum Gasteiger partial charge on any atom is -0.277 e. The van der Waals surface area contributed by atoms with Crippen molar-refractivity contribution in [2.45, 2.75) is 20.3 Å². The van der Waals surface area contributed by atoms with Crippen LogP contribution in [0, 0.1) is 5.41 Å². The van der Waals surface area contributed by atoms with E-state index in [-0.39, 0.29) is 0 Å². The highest BCUT2D eigenvalue weighted by molar-refractivity contribution is 6.20. The van der Waals surface area contributed by atoms with Crippen LogP contribution in [-0.2, 0) is 9.59 Å². The van der Waals surface area contributed by atoms with Crippen LogP contribution in [0.5, 0.6) is 0 Å². The summed E-state index contributed by atoms with van der Waals surface area (Å²) in [5, 5.41) is 4.09. The average Bonchev–Trinajstić information content (AvgIpc) is 2.12. The molecule has 1 heterocycles. The predicted octanol–water partition coefficient (Wildman–Crippen LogP) is 0.325. The summed E-state index contributed by atoms with van der Waals surface area (Å²) >= 11 is 0. The van der Waals surface area contributed by atoms with E-state index in [0.29, 0.717) is 12.0 Å². The molecule has 1 fully saturated rings. The number of nitrogens with one attached hydrogen (secondary N) is 2. The van der Waals surface area contributed by atoms with Crippen LogP contribution in [0.1, 0.15) is 20.3 Å². The number of carbonyl (C=O) groups is 3.